The van der Waals surface area contributed by atoms with E-state index in [-0.39, 0.29) is 10.7 Å². The molecular weight excluding hydrogens is 491 g/mol. The zero-order valence-corrected chi connectivity index (χ0v) is 20.5. The van der Waals surface area contributed by atoms with Crippen molar-refractivity contribution in [1.82, 2.24) is 5.32 Å². The number of ether oxygens (including phenoxy) is 1. The van der Waals surface area contributed by atoms with Crippen LogP contribution in [0.15, 0.2) is 72.3 Å². The fraction of sp³-hybridized carbons (Fsp3) is 0.115. The number of hydrogen-bond donors (Lipinski definition) is 1. The van der Waals surface area contributed by atoms with E-state index in [9.17, 15) is 9.59 Å². The number of para-hydroxylation sites is 1. The van der Waals surface area contributed by atoms with E-state index >= 15 is 0 Å². The second-order valence-corrected chi connectivity index (χ2v) is 8.68. The number of nitrogens with one attached hydrogen (secondary N) is 1. The van der Waals surface area contributed by atoms with Gasteiger partial charge in [0.2, 0.25) is 0 Å². The summed E-state index contributed by atoms with van der Waals surface area (Å²) in [7, 11) is 0. The Labute approximate surface area is 212 Å². The molecule has 1 fully saturated rings. The first-order valence-corrected chi connectivity index (χ1v) is 11.7. The molecule has 34 heavy (non-hydrogen) atoms. The molecule has 8 heteroatoms. The summed E-state index contributed by atoms with van der Waals surface area (Å²) in [5, 5.41) is 3.69. The van der Waals surface area contributed by atoms with E-state index in [1.165, 1.54) is 11.0 Å². The smallest absolute Gasteiger partial charge is 0.270 e. The van der Waals surface area contributed by atoms with Crippen LogP contribution in [0.25, 0.3) is 6.08 Å². The molecule has 0 bridgehead atoms. The van der Waals surface area contributed by atoms with Gasteiger partial charge in [0.25, 0.3) is 11.8 Å². The Kier molecular flexibility index (Phi) is 7.32. The van der Waals surface area contributed by atoms with E-state index in [4.69, 9.17) is 40.2 Å². The number of halogens is 2. The lowest BCUT2D eigenvalue weighted by molar-refractivity contribution is -0.122. The van der Waals surface area contributed by atoms with Crippen LogP contribution in [-0.2, 0) is 16.0 Å². The largest absolute Gasteiger partial charge is 0.494 e. The molecular formula is C26H20Cl2N2O3S. The van der Waals surface area contributed by atoms with E-state index in [1.807, 2.05) is 37.3 Å². The van der Waals surface area contributed by atoms with E-state index in [2.05, 4.69) is 5.32 Å². The second kappa shape index (κ2) is 10.4. The third kappa shape index (κ3) is 4.99. The minimum Gasteiger partial charge on any atom is -0.494 e. The highest BCUT2D eigenvalue weighted by atomic mass is 35.5. The number of thiocarbonyl (C=S) groups is 1. The average molecular weight is 511 g/mol. The summed E-state index contributed by atoms with van der Waals surface area (Å²) in [6, 6.07) is 19.9. The van der Waals surface area contributed by atoms with Gasteiger partial charge in [-0.05, 0) is 66.7 Å². The van der Waals surface area contributed by atoms with Gasteiger partial charge in [-0.2, -0.15) is 0 Å². The zero-order valence-electron chi connectivity index (χ0n) is 18.2. The Morgan fingerprint density at radius 2 is 1.71 bits per heavy atom. The fourth-order valence-electron chi connectivity index (χ4n) is 3.64. The number of nitrogens with zero attached hydrogens (tertiary/aromatic N) is 1. The van der Waals surface area contributed by atoms with Gasteiger partial charge in [0, 0.05) is 22.0 Å². The fourth-order valence-corrected chi connectivity index (χ4v) is 4.41. The molecule has 0 aromatic heterocycles. The summed E-state index contributed by atoms with van der Waals surface area (Å²) in [4.78, 5) is 27.2. The number of carbonyl (C=O) groups is 2. The minimum atomic E-state index is -0.573. The van der Waals surface area contributed by atoms with Crippen molar-refractivity contribution in [2.75, 3.05) is 11.5 Å². The van der Waals surface area contributed by atoms with Crippen molar-refractivity contribution in [1.29, 1.82) is 0 Å². The number of anilines is 1. The van der Waals surface area contributed by atoms with Gasteiger partial charge >= 0.3 is 0 Å². The van der Waals surface area contributed by atoms with E-state index in [1.54, 1.807) is 36.4 Å². The molecule has 0 atom stereocenters. The molecule has 0 spiro atoms. The molecule has 1 aliphatic rings. The standard InChI is InChI=1S/C26H20Cl2N2O3S/c1-2-33-23-14-16(13-22(28)19(23)15-17-8-6-7-11-21(17)27)12-20-24(31)29-26(34)30(25(20)32)18-9-4-3-5-10-18/h3-14H,2,15H2,1H3,(H,29,31,34)/b20-12-. The van der Waals surface area contributed by atoms with Gasteiger partial charge in [0.15, 0.2) is 5.11 Å². The van der Waals surface area contributed by atoms with E-state index < -0.39 is 11.8 Å². The van der Waals surface area contributed by atoms with E-state index in [0.717, 1.165) is 11.1 Å². The molecule has 3 aromatic carbocycles. The molecule has 0 aliphatic carbocycles. The topological polar surface area (TPSA) is 58.6 Å². The predicted molar refractivity (Wildman–Crippen MR) is 140 cm³/mol. The lowest BCUT2D eigenvalue weighted by Gasteiger charge is -2.28. The summed E-state index contributed by atoms with van der Waals surface area (Å²) in [5.74, 6) is -0.536. The van der Waals surface area contributed by atoms with Gasteiger partial charge < -0.3 is 4.74 Å². The average Bonchev–Trinajstić information content (AvgIpc) is 2.81. The van der Waals surface area contributed by atoms with Crippen LogP contribution in [0.2, 0.25) is 10.0 Å². The molecule has 1 saturated heterocycles. The molecule has 3 aromatic rings. The monoisotopic (exact) mass is 510 g/mol. The predicted octanol–water partition coefficient (Wildman–Crippen LogP) is 5.81. The molecule has 1 aliphatic heterocycles. The minimum absolute atomic E-state index is 0.0291. The zero-order chi connectivity index (χ0) is 24.2. The maximum atomic E-state index is 13.2. The number of amides is 2. The van der Waals surface area contributed by atoms with Crippen molar-refractivity contribution in [2.24, 2.45) is 0 Å². The van der Waals surface area contributed by atoms with Crippen LogP contribution in [-0.4, -0.2) is 23.5 Å². The van der Waals surface area contributed by atoms with Crippen molar-refractivity contribution < 1.29 is 14.3 Å². The number of hydrogen-bond acceptors (Lipinski definition) is 4. The van der Waals surface area contributed by atoms with Gasteiger partial charge in [0.1, 0.15) is 11.3 Å². The van der Waals surface area contributed by atoms with Crippen LogP contribution < -0.4 is 15.0 Å². The molecule has 4 rings (SSSR count). The number of carbonyl (C=O) groups excluding carboxylic acids is 2. The number of rotatable bonds is 6. The molecule has 5 nitrogen and oxygen atoms in total. The SMILES string of the molecule is CCOc1cc(/C=C2/C(=O)NC(=S)N(c3ccccc3)C2=O)cc(Cl)c1Cc1ccccc1Cl. The summed E-state index contributed by atoms with van der Waals surface area (Å²) in [6.07, 6.45) is 1.96. The first-order chi connectivity index (χ1) is 16.4. The third-order valence-corrected chi connectivity index (χ3v) is 6.22. The molecule has 0 saturated carbocycles. The van der Waals surface area contributed by atoms with Crippen LogP contribution in [0.3, 0.4) is 0 Å². The van der Waals surface area contributed by atoms with Crippen molar-refractivity contribution >= 4 is 64.1 Å². The Morgan fingerprint density at radius 3 is 2.41 bits per heavy atom. The third-order valence-electron chi connectivity index (χ3n) is 5.23. The Bertz CT molecular complexity index is 1310. The number of benzene rings is 3. The molecule has 0 radical (unpaired) electrons. The summed E-state index contributed by atoms with van der Waals surface area (Å²) >= 11 is 18.2. The Hall–Kier alpha value is -3.19. The van der Waals surface area contributed by atoms with Gasteiger partial charge in [-0.15, -0.1) is 0 Å². The molecule has 1 N–H and O–H groups in total. The van der Waals surface area contributed by atoms with E-state index in [0.29, 0.717) is 40.1 Å². The Morgan fingerprint density at radius 1 is 1.00 bits per heavy atom. The van der Waals surface area contributed by atoms with Gasteiger partial charge in [-0.1, -0.05) is 59.6 Å². The van der Waals surface area contributed by atoms with Crippen LogP contribution >= 0.6 is 35.4 Å². The van der Waals surface area contributed by atoms with Crippen molar-refractivity contribution in [2.45, 2.75) is 13.3 Å². The maximum absolute atomic E-state index is 13.2. The highest BCUT2D eigenvalue weighted by molar-refractivity contribution is 7.80. The second-order valence-electron chi connectivity index (χ2n) is 7.47. The molecule has 0 unspecified atom stereocenters. The first kappa shape index (κ1) is 24.0. The van der Waals surface area contributed by atoms with Crippen molar-refractivity contribution in [3.63, 3.8) is 0 Å². The van der Waals surface area contributed by atoms with Crippen LogP contribution in [0.5, 0.6) is 5.75 Å². The highest BCUT2D eigenvalue weighted by Crippen LogP contribution is 2.34. The van der Waals surface area contributed by atoms with Gasteiger partial charge in [-0.3, -0.25) is 19.8 Å². The molecule has 1 heterocycles. The quantitative estimate of drug-likeness (QED) is 0.258. The lowest BCUT2D eigenvalue weighted by Crippen LogP contribution is -2.54. The van der Waals surface area contributed by atoms with Crippen LogP contribution in [0.4, 0.5) is 5.69 Å². The normalized spacial score (nSPS) is 15.0. The highest BCUT2D eigenvalue weighted by Gasteiger charge is 2.34. The summed E-state index contributed by atoms with van der Waals surface area (Å²) in [5.41, 5.74) is 2.73. The van der Waals surface area contributed by atoms with Crippen molar-refractivity contribution in [3.05, 3.63) is 99.0 Å². The van der Waals surface area contributed by atoms with Crippen LogP contribution in [0, 0.1) is 0 Å². The van der Waals surface area contributed by atoms with Gasteiger partial charge in [-0.25, -0.2) is 0 Å². The Balaban J connectivity index is 1.73. The van der Waals surface area contributed by atoms with Gasteiger partial charge in [0.05, 0.1) is 12.3 Å². The maximum Gasteiger partial charge on any atom is 0.270 e. The molecule has 172 valence electrons. The van der Waals surface area contributed by atoms with Crippen molar-refractivity contribution in [3.8, 4) is 5.75 Å². The molecule has 2 amide bonds. The lowest BCUT2D eigenvalue weighted by atomic mass is 10.00. The summed E-state index contributed by atoms with van der Waals surface area (Å²) < 4.78 is 5.85. The van der Waals surface area contributed by atoms with Crippen LogP contribution in [0.1, 0.15) is 23.6 Å². The summed E-state index contributed by atoms with van der Waals surface area (Å²) in [6.45, 7) is 2.29. The first-order valence-electron chi connectivity index (χ1n) is 10.5.